The van der Waals surface area contributed by atoms with Crippen molar-refractivity contribution in [1.82, 2.24) is 5.32 Å². The minimum absolute atomic E-state index is 0.0606. The van der Waals surface area contributed by atoms with Crippen LogP contribution in [0.5, 0.6) is 0 Å². The maximum atomic E-state index is 9.97. The Balaban J connectivity index is 2.51. The van der Waals surface area contributed by atoms with Crippen molar-refractivity contribution in [1.29, 1.82) is 0 Å². The Labute approximate surface area is 102 Å². The first kappa shape index (κ1) is 13.8. The van der Waals surface area contributed by atoms with E-state index in [2.05, 4.69) is 10.6 Å². The van der Waals surface area contributed by atoms with E-state index in [0.717, 1.165) is 12.1 Å². The fourth-order valence-electron chi connectivity index (χ4n) is 1.58. The van der Waals surface area contributed by atoms with Gasteiger partial charge in [0.05, 0.1) is 12.6 Å². The van der Waals surface area contributed by atoms with Crippen LogP contribution in [-0.2, 0) is 0 Å². The van der Waals surface area contributed by atoms with Crippen LogP contribution < -0.4 is 16.4 Å². The highest BCUT2D eigenvalue weighted by atomic mass is 16.3. The number of rotatable bonds is 7. The third-order valence-electron chi connectivity index (χ3n) is 2.56. The molecule has 2 unspecified atom stereocenters. The second kappa shape index (κ2) is 7.11. The van der Waals surface area contributed by atoms with E-state index in [1.165, 1.54) is 0 Å². The van der Waals surface area contributed by atoms with Crippen LogP contribution in [0.25, 0.3) is 0 Å². The van der Waals surface area contributed by atoms with Gasteiger partial charge in [-0.15, -0.1) is 0 Å². The summed E-state index contributed by atoms with van der Waals surface area (Å²) in [5, 5.41) is 24.8. The maximum absolute atomic E-state index is 9.97. The van der Waals surface area contributed by atoms with Crippen LogP contribution in [0.15, 0.2) is 24.3 Å². The summed E-state index contributed by atoms with van der Waals surface area (Å²) in [6.07, 6.45) is 0.0681. The van der Waals surface area contributed by atoms with Crippen molar-refractivity contribution in [3.05, 3.63) is 24.3 Å². The Kier molecular flexibility index (Phi) is 5.76. The molecule has 96 valence electrons. The normalized spacial score (nSPS) is 14.3. The predicted molar refractivity (Wildman–Crippen MR) is 69.7 cm³/mol. The summed E-state index contributed by atoms with van der Waals surface area (Å²) in [5.74, 6) is 0. The van der Waals surface area contributed by atoms with Crippen molar-refractivity contribution in [2.24, 2.45) is 0 Å². The molecule has 6 N–H and O–H groups in total. The van der Waals surface area contributed by atoms with Crippen LogP contribution in [-0.4, -0.2) is 35.6 Å². The molecule has 0 heterocycles. The minimum Gasteiger partial charge on any atom is -0.399 e. The number of hydrogen-bond donors (Lipinski definition) is 5. The number of aliphatic hydroxyl groups excluding tert-OH is 2. The number of benzene rings is 1. The molecule has 0 radical (unpaired) electrons. The summed E-state index contributed by atoms with van der Waals surface area (Å²) in [4.78, 5) is 0. The second-order valence-electron chi connectivity index (χ2n) is 3.90. The van der Waals surface area contributed by atoms with Gasteiger partial charge in [-0.1, -0.05) is 6.92 Å². The van der Waals surface area contributed by atoms with E-state index in [1.807, 2.05) is 19.1 Å². The maximum Gasteiger partial charge on any atom is 0.139 e. The second-order valence-corrected chi connectivity index (χ2v) is 3.90. The number of anilines is 2. The molecule has 0 spiro atoms. The summed E-state index contributed by atoms with van der Waals surface area (Å²) in [5.41, 5.74) is 7.08. The van der Waals surface area contributed by atoms with Crippen LogP contribution in [0, 0.1) is 0 Å². The Hall–Kier alpha value is -1.30. The first-order valence-electron chi connectivity index (χ1n) is 5.81. The number of nitrogens with one attached hydrogen (secondary N) is 2. The Morgan fingerprint density at radius 2 is 1.94 bits per heavy atom. The quantitative estimate of drug-likeness (QED) is 0.350. The zero-order valence-corrected chi connectivity index (χ0v) is 10.1. The van der Waals surface area contributed by atoms with E-state index in [-0.39, 0.29) is 12.6 Å². The van der Waals surface area contributed by atoms with Gasteiger partial charge in [0.15, 0.2) is 0 Å². The molecule has 1 rings (SSSR count). The molecule has 0 bridgehead atoms. The van der Waals surface area contributed by atoms with E-state index < -0.39 is 6.23 Å². The molecule has 2 atom stereocenters. The highest BCUT2D eigenvalue weighted by Crippen LogP contribution is 2.12. The van der Waals surface area contributed by atoms with Gasteiger partial charge < -0.3 is 26.6 Å². The molecular formula is C12H21N3O2. The largest absolute Gasteiger partial charge is 0.399 e. The van der Waals surface area contributed by atoms with Crippen LogP contribution >= 0.6 is 0 Å². The third-order valence-corrected chi connectivity index (χ3v) is 2.56. The smallest absolute Gasteiger partial charge is 0.139 e. The van der Waals surface area contributed by atoms with Crippen molar-refractivity contribution >= 4 is 11.4 Å². The van der Waals surface area contributed by atoms with Gasteiger partial charge in [0.2, 0.25) is 0 Å². The zero-order valence-electron chi connectivity index (χ0n) is 10.1. The van der Waals surface area contributed by atoms with Crippen LogP contribution in [0.2, 0.25) is 0 Å². The average molecular weight is 239 g/mol. The highest BCUT2D eigenvalue weighted by molar-refractivity contribution is 5.51. The molecule has 0 aliphatic rings. The van der Waals surface area contributed by atoms with Gasteiger partial charge in [-0.05, 0) is 30.7 Å². The molecule has 0 aliphatic carbocycles. The number of hydrogen-bond acceptors (Lipinski definition) is 5. The van der Waals surface area contributed by atoms with Crippen LogP contribution in [0.1, 0.15) is 13.3 Å². The number of aliphatic hydroxyl groups is 2. The standard InChI is InChI=1S/C12H21N3O2/c1-2-11(14-7-8-16)12(17)15-10-5-3-9(13)4-6-10/h3-6,11-12,14-17H,2,7-8,13H2,1H3. The lowest BCUT2D eigenvalue weighted by atomic mass is 10.2. The van der Waals surface area contributed by atoms with Gasteiger partial charge >= 0.3 is 0 Å². The molecule has 17 heavy (non-hydrogen) atoms. The first-order valence-corrected chi connectivity index (χ1v) is 5.81. The third kappa shape index (κ3) is 4.60. The predicted octanol–water partition coefficient (Wildman–Crippen LogP) is 0.360. The molecule has 1 aromatic carbocycles. The first-order chi connectivity index (χ1) is 8.17. The Morgan fingerprint density at radius 1 is 1.29 bits per heavy atom. The van der Waals surface area contributed by atoms with Crippen molar-refractivity contribution in [2.45, 2.75) is 25.6 Å². The molecule has 0 aromatic heterocycles. The van der Waals surface area contributed by atoms with Crippen LogP contribution in [0.3, 0.4) is 0 Å². The fourth-order valence-corrected chi connectivity index (χ4v) is 1.58. The van der Waals surface area contributed by atoms with Crippen molar-refractivity contribution in [2.75, 3.05) is 24.2 Å². The number of nitrogen functional groups attached to an aromatic ring is 1. The summed E-state index contributed by atoms with van der Waals surface area (Å²) >= 11 is 0. The average Bonchev–Trinajstić information content (AvgIpc) is 2.33. The minimum atomic E-state index is -0.699. The molecule has 1 aromatic rings. The lowest BCUT2D eigenvalue weighted by Gasteiger charge is -2.24. The van der Waals surface area contributed by atoms with Gasteiger partial charge in [0.25, 0.3) is 0 Å². The monoisotopic (exact) mass is 239 g/mol. The SMILES string of the molecule is CCC(NCCO)C(O)Nc1ccc(N)cc1. The lowest BCUT2D eigenvalue weighted by molar-refractivity contribution is 0.145. The van der Waals surface area contributed by atoms with E-state index in [9.17, 15) is 5.11 Å². The molecule has 0 saturated carbocycles. The molecule has 0 saturated heterocycles. The topological polar surface area (TPSA) is 90.5 Å². The molecular weight excluding hydrogens is 218 g/mol. The van der Waals surface area contributed by atoms with Crippen molar-refractivity contribution < 1.29 is 10.2 Å². The molecule has 0 amide bonds. The lowest BCUT2D eigenvalue weighted by Crippen LogP contribution is -2.44. The Bertz CT molecular complexity index is 316. The zero-order chi connectivity index (χ0) is 12.7. The fraction of sp³-hybridized carbons (Fsp3) is 0.500. The van der Waals surface area contributed by atoms with E-state index in [0.29, 0.717) is 12.2 Å². The Morgan fingerprint density at radius 3 is 2.47 bits per heavy atom. The number of nitrogens with two attached hydrogens (primary N) is 1. The van der Waals surface area contributed by atoms with Crippen LogP contribution in [0.4, 0.5) is 11.4 Å². The van der Waals surface area contributed by atoms with E-state index >= 15 is 0 Å². The van der Waals surface area contributed by atoms with E-state index in [4.69, 9.17) is 10.8 Å². The van der Waals surface area contributed by atoms with Gasteiger partial charge in [0.1, 0.15) is 6.23 Å². The van der Waals surface area contributed by atoms with Gasteiger partial charge in [-0.3, -0.25) is 0 Å². The molecule has 5 nitrogen and oxygen atoms in total. The molecule has 5 heteroatoms. The summed E-state index contributed by atoms with van der Waals surface area (Å²) < 4.78 is 0. The van der Waals surface area contributed by atoms with Gasteiger partial charge in [0, 0.05) is 17.9 Å². The van der Waals surface area contributed by atoms with Gasteiger partial charge in [-0.25, -0.2) is 0 Å². The highest BCUT2D eigenvalue weighted by Gasteiger charge is 2.15. The van der Waals surface area contributed by atoms with Crippen molar-refractivity contribution in [3.63, 3.8) is 0 Å². The summed E-state index contributed by atoms with van der Waals surface area (Å²) in [7, 11) is 0. The summed E-state index contributed by atoms with van der Waals surface area (Å²) in [6.45, 7) is 2.51. The van der Waals surface area contributed by atoms with Crippen molar-refractivity contribution in [3.8, 4) is 0 Å². The summed E-state index contributed by atoms with van der Waals surface area (Å²) in [6, 6.07) is 7.09. The molecule has 0 fully saturated rings. The van der Waals surface area contributed by atoms with E-state index in [1.54, 1.807) is 12.1 Å². The molecule has 0 aliphatic heterocycles. The van der Waals surface area contributed by atoms with Gasteiger partial charge in [-0.2, -0.15) is 0 Å².